The zero-order valence-electron chi connectivity index (χ0n) is 11.6. The lowest BCUT2D eigenvalue weighted by Crippen LogP contribution is -2.26. The Morgan fingerprint density at radius 3 is 2.60 bits per heavy atom. The highest BCUT2D eigenvalue weighted by Gasteiger charge is 2.39. The Hall–Kier alpha value is -1.84. The quantitative estimate of drug-likeness (QED) is 0.840. The molecule has 0 aromatic heterocycles. The maximum Gasteiger partial charge on any atom is 0.261 e. The molecule has 2 aliphatic carbocycles. The van der Waals surface area contributed by atoms with Gasteiger partial charge in [0.1, 0.15) is 0 Å². The summed E-state index contributed by atoms with van der Waals surface area (Å²) in [5.41, 5.74) is 2.03. The fraction of sp³-hybridized carbons (Fsp3) is 0.500. The molecule has 3 atom stereocenters. The third kappa shape index (κ3) is 1.60. The average Bonchev–Trinajstić information content (AvgIpc) is 3.11. The summed E-state index contributed by atoms with van der Waals surface area (Å²) >= 11 is 0. The molecule has 104 valence electrons. The van der Waals surface area contributed by atoms with Gasteiger partial charge in [-0.3, -0.25) is 14.5 Å². The molecule has 4 heteroatoms. The van der Waals surface area contributed by atoms with Crippen LogP contribution in [-0.2, 0) is 0 Å². The molecule has 1 aromatic rings. The molecule has 3 unspecified atom stereocenters. The molecule has 2 fully saturated rings. The lowest BCUT2D eigenvalue weighted by atomic mass is 9.95. The van der Waals surface area contributed by atoms with Crippen LogP contribution < -0.4 is 5.32 Å². The number of fused-ring (bicyclic) bond motifs is 3. The molecule has 20 heavy (non-hydrogen) atoms. The van der Waals surface area contributed by atoms with Crippen molar-refractivity contribution >= 4 is 17.5 Å². The first kappa shape index (κ1) is 11.9. The van der Waals surface area contributed by atoms with Gasteiger partial charge in [0.05, 0.1) is 11.1 Å². The van der Waals surface area contributed by atoms with Crippen molar-refractivity contribution in [2.24, 2.45) is 11.8 Å². The standard InChI is InChI=1S/C16H18N2O2/c1-18-15(19)12-5-4-11(8-13(12)16(18)20)17-14-7-9-2-3-10(14)6-9/h4-5,8-10,14,17H,2-3,6-7H2,1H3. The van der Waals surface area contributed by atoms with E-state index in [1.807, 2.05) is 12.1 Å². The second-order valence-corrected chi connectivity index (χ2v) is 6.36. The smallest absolute Gasteiger partial charge is 0.261 e. The minimum absolute atomic E-state index is 0.193. The highest BCUT2D eigenvalue weighted by atomic mass is 16.2. The zero-order chi connectivity index (χ0) is 13.9. The van der Waals surface area contributed by atoms with Crippen molar-refractivity contribution in [3.8, 4) is 0 Å². The summed E-state index contributed by atoms with van der Waals surface area (Å²) in [6.45, 7) is 0. The van der Waals surface area contributed by atoms with E-state index >= 15 is 0 Å². The summed E-state index contributed by atoms with van der Waals surface area (Å²) in [6.07, 6.45) is 5.30. The lowest BCUT2D eigenvalue weighted by Gasteiger charge is -2.24. The third-order valence-electron chi connectivity index (χ3n) is 5.18. The molecule has 1 aliphatic heterocycles. The van der Waals surface area contributed by atoms with Gasteiger partial charge in [-0.15, -0.1) is 0 Å². The van der Waals surface area contributed by atoms with Crippen LogP contribution in [-0.4, -0.2) is 29.8 Å². The van der Waals surface area contributed by atoms with Crippen molar-refractivity contribution in [1.82, 2.24) is 4.90 Å². The number of carbonyl (C=O) groups is 2. The number of nitrogens with one attached hydrogen (secondary N) is 1. The fourth-order valence-electron chi connectivity index (χ4n) is 4.09. The second kappa shape index (κ2) is 4.08. The Balaban J connectivity index is 1.59. The van der Waals surface area contributed by atoms with Crippen LogP contribution in [0.15, 0.2) is 18.2 Å². The molecule has 2 saturated carbocycles. The van der Waals surface area contributed by atoms with E-state index in [0.717, 1.165) is 17.5 Å². The van der Waals surface area contributed by atoms with Gasteiger partial charge in [-0.25, -0.2) is 0 Å². The number of benzene rings is 1. The largest absolute Gasteiger partial charge is 0.382 e. The van der Waals surface area contributed by atoms with E-state index in [1.54, 1.807) is 6.07 Å². The maximum absolute atomic E-state index is 12.0. The Morgan fingerprint density at radius 2 is 1.90 bits per heavy atom. The van der Waals surface area contributed by atoms with Crippen LogP contribution in [0.5, 0.6) is 0 Å². The number of amides is 2. The number of hydrogen-bond donors (Lipinski definition) is 1. The number of imide groups is 1. The predicted octanol–water partition coefficient (Wildman–Crippen LogP) is 2.51. The number of carbonyl (C=O) groups excluding carboxylic acids is 2. The zero-order valence-corrected chi connectivity index (χ0v) is 11.6. The molecule has 0 spiro atoms. The summed E-state index contributed by atoms with van der Waals surface area (Å²) in [6, 6.07) is 6.08. The molecular weight excluding hydrogens is 252 g/mol. The third-order valence-corrected chi connectivity index (χ3v) is 5.18. The molecule has 3 aliphatic rings. The van der Waals surface area contributed by atoms with Crippen LogP contribution in [0.2, 0.25) is 0 Å². The number of rotatable bonds is 2. The van der Waals surface area contributed by atoms with Crippen molar-refractivity contribution < 1.29 is 9.59 Å². The van der Waals surface area contributed by atoms with Crippen molar-refractivity contribution in [1.29, 1.82) is 0 Å². The molecule has 1 aromatic carbocycles. The summed E-state index contributed by atoms with van der Waals surface area (Å²) < 4.78 is 0. The average molecular weight is 270 g/mol. The van der Waals surface area contributed by atoms with Gasteiger partial charge in [0.25, 0.3) is 11.8 Å². The summed E-state index contributed by atoms with van der Waals surface area (Å²) in [5.74, 6) is 1.28. The Bertz CT molecular complexity index is 610. The summed E-state index contributed by atoms with van der Waals surface area (Å²) in [5, 5.41) is 3.57. The highest BCUT2D eigenvalue weighted by Crippen LogP contribution is 2.45. The van der Waals surface area contributed by atoms with Gasteiger partial charge in [-0.1, -0.05) is 6.42 Å². The first-order valence-electron chi connectivity index (χ1n) is 7.36. The Labute approximate surface area is 118 Å². The normalized spacial score (nSPS) is 31.1. The summed E-state index contributed by atoms with van der Waals surface area (Å²) in [7, 11) is 1.54. The van der Waals surface area contributed by atoms with Crippen molar-refractivity contribution in [3.05, 3.63) is 29.3 Å². The second-order valence-electron chi connectivity index (χ2n) is 6.36. The molecule has 4 rings (SSSR count). The molecule has 0 radical (unpaired) electrons. The number of hydrogen-bond acceptors (Lipinski definition) is 3. The van der Waals surface area contributed by atoms with Gasteiger partial charge >= 0.3 is 0 Å². The Morgan fingerprint density at radius 1 is 1.10 bits per heavy atom. The van der Waals surface area contributed by atoms with Crippen LogP contribution in [0, 0.1) is 11.8 Å². The first-order chi connectivity index (χ1) is 9.63. The topological polar surface area (TPSA) is 49.4 Å². The number of anilines is 1. The van der Waals surface area contributed by atoms with Gasteiger partial charge < -0.3 is 5.32 Å². The monoisotopic (exact) mass is 270 g/mol. The van der Waals surface area contributed by atoms with E-state index in [2.05, 4.69) is 5.32 Å². The summed E-state index contributed by atoms with van der Waals surface area (Å²) in [4.78, 5) is 25.0. The van der Waals surface area contributed by atoms with Crippen LogP contribution in [0.1, 0.15) is 46.4 Å². The van der Waals surface area contributed by atoms with E-state index in [1.165, 1.54) is 37.6 Å². The number of nitrogens with zero attached hydrogens (tertiary/aromatic N) is 1. The van der Waals surface area contributed by atoms with Crippen molar-refractivity contribution in [3.63, 3.8) is 0 Å². The minimum Gasteiger partial charge on any atom is -0.382 e. The first-order valence-corrected chi connectivity index (χ1v) is 7.36. The van der Waals surface area contributed by atoms with Crippen molar-refractivity contribution in [2.45, 2.75) is 31.7 Å². The van der Waals surface area contributed by atoms with Gasteiger partial charge in [-0.2, -0.15) is 0 Å². The van der Waals surface area contributed by atoms with E-state index in [4.69, 9.17) is 0 Å². The maximum atomic E-state index is 12.0. The van der Waals surface area contributed by atoms with Gasteiger partial charge in [0, 0.05) is 18.8 Å². The molecule has 1 heterocycles. The SMILES string of the molecule is CN1C(=O)c2ccc(NC3CC4CCC3C4)cc2C1=O. The predicted molar refractivity (Wildman–Crippen MR) is 75.7 cm³/mol. The van der Waals surface area contributed by atoms with Crippen LogP contribution in [0.4, 0.5) is 5.69 Å². The fourth-order valence-corrected chi connectivity index (χ4v) is 4.09. The van der Waals surface area contributed by atoms with Crippen LogP contribution in [0.3, 0.4) is 0 Å². The molecule has 1 N–H and O–H groups in total. The minimum atomic E-state index is -0.198. The lowest BCUT2D eigenvalue weighted by molar-refractivity contribution is 0.0693. The molecule has 2 amide bonds. The van der Waals surface area contributed by atoms with E-state index in [9.17, 15) is 9.59 Å². The van der Waals surface area contributed by atoms with E-state index < -0.39 is 0 Å². The molecule has 0 saturated heterocycles. The highest BCUT2D eigenvalue weighted by molar-refractivity contribution is 6.21. The van der Waals surface area contributed by atoms with Gasteiger partial charge in [0.15, 0.2) is 0 Å². The molecule has 2 bridgehead atoms. The molecule has 4 nitrogen and oxygen atoms in total. The van der Waals surface area contributed by atoms with Crippen molar-refractivity contribution in [2.75, 3.05) is 12.4 Å². The van der Waals surface area contributed by atoms with E-state index in [0.29, 0.717) is 17.2 Å². The van der Waals surface area contributed by atoms with Crippen LogP contribution in [0.25, 0.3) is 0 Å². The molecular formula is C16H18N2O2. The van der Waals surface area contributed by atoms with Gasteiger partial charge in [0.2, 0.25) is 0 Å². The van der Waals surface area contributed by atoms with E-state index in [-0.39, 0.29) is 11.8 Å². The van der Waals surface area contributed by atoms with Crippen LogP contribution >= 0.6 is 0 Å². The Kier molecular flexibility index (Phi) is 2.43. The van der Waals surface area contributed by atoms with Gasteiger partial charge in [-0.05, 0) is 49.3 Å².